The summed E-state index contributed by atoms with van der Waals surface area (Å²) in [4.78, 5) is 3.73. The van der Waals surface area contributed by atoms with Crippen molar-refractivity contribution in [2.24, 2.45) is 5.14 Å². The lowest BCUT2D eigenvalue weighted by Crippen LogP contribution is -2.21. The van der Waals surface area contributed by atoms with Gasteiger partial charge in [0.25, 0.3) is 0 Å². The molecule has 0 aliphatic rings. The van der Waals surface area contributed by atoms with Gasteiger partial charge in [-0.25, -0.2) is 22.0 Å². The molecule has 0 radical (unpaired) electrons. The standard InChI is InChI=1S/C20H20ClN3O5S2/c21-16-6-4-15(5-7-16)10-12-30(25,26)24-19-9-8-18(13-20(19)31(22,27)28)29-14-17-3-1-2-11-23-17/h1-9,11,13,24H,10,12,14H2,(H2,22,27,28). The lowest BCUT2D eigenvalue weighted by Gasteiger charge is -2.14. The van der Waals surface area contributed by atoms with Crippen LogP contribution in [-0.2, 0) is 33.1 Å². The zero-order chi connectivity index (χ0) is 22.5. The molecule has 0 fully saturated rings. The van der Waals surface area contributed by atoms with Crippen LogP contribution in [0.4, 0.5) is 5.69 Å². The highest BCUT2D eigenvalue weighted by molar-refractivity contribution is 7.93. The summed E-state index contributed by atoms with van der Waals surface area (Å²) in [5.74, 6) is -0.0461. The minimum atomic E-state index is -4.22. The van der Waals surface area contributed by atoms with Crippen molar-refractivity contribution in [2.75, 3.05) is 10.5 Å². The summed E-state index contributed by atoms with van der Waals surface area (Å²) < 4.78 is 56.9. The Morgan fingerprint density at radius 1 is 1.00 bits per heavy atom. The van der Waals surface area contributed by atoms with Gasteiger partial charge in [-0.15, -0.1) is 0 Å². The first-order chi connectivity index (χ1) is 14.6. The second kappa shape index (κ2) is 9.65. The van der Waals surface area contributed by atoms with E-state index in [2.05, 4.69) is 9.71 Å². The molecule has 11 heteroatoms. The zero-order valence-electron chi connectivity index (χ0n) is 16.2. The molecule has 3 N–H and O–H groups in total. The molecule has 8 nitrogen and oxygen atoms in total. The number of nitrogens with two attached hydrogens (primary N) is 1. The first kappa shape index (κ1) is 23.0. The average Bonchev–Trinajstić information content (AvgIpc) is 2.72. The third kappa shape index (κ3) is 6.93. The third-order valence-corrected chi connectivity index (χ3v) is 6.69. The number of nitrogens with zero attached hydrogens (tertiary/aromatic N) is 1. The molecule has 3 aromatic rings. The number of sulfonamides is 2. The van der Waals surface area contributed by atoms with Gasteiger partial charge in [-0.05, 0) is 48.4 Å². The SMILES string of the molecule is NS(=O)(=O)c1cc(OCc2ccccn2)ccc1NS(=O)(=O)CCc1ccc(Cl)cc1. The summed E-state index contributed by atoms with van der Waals surface area (Å²) in [5.41, 5.74) is 1.27. The maximum Gasteiger partial charge on any atom is 0.240 e. The van der Waals surface area contributed by atoms with Gasteiger partial charge in [0.15, 0.2) is 0 Å². The summed E-state index contributed by atoms with van der Waals surface area (Å²) in [6, 6.07) is 16.0. The predicted molar refractivity (Wildman–Crippen MR) is 119 cm³/mol. The maximum atomic E-state index is 12.5. The van der Waals surface area contributed by atoms with Crippen LogP contribution in [0.3, 0.4) is 0 Å². The van der Waals surface area contributed by atoms with Crippen LogP contribution in [0.5, 0.6) is 5.75 Å². The Bertz CT molecular complexity index is 1250. The van der Waals surface area contributed by atoms with E-state index in [0.29, 0.717) is 10.7 Å². The number of rotatable bonds is 9. The molecule has 2 aromatic carbocycles. The fourth-order valence-corrected chi connectivity index (χ4v) is 4.69. The molecular formula is C20H20ClN3O5S2. The molecule has 1 heterocycles. The van der Waals surface area contributed by atoms with Crippen molar-refractivity contribution >= 4 is 37.3 Å². The number of pyridine rings is 1. The number of halogens is 1. The van der Waals surface area contributed by atoms with Crippen molar-refractivity contribution in [3.63, 3.8) is 0 Å². The van der Waals surface area contributed by atoms with E-state index < -0.39 is 20.0 Å². The van der Waals surface area contributed by atoms with E-state index in [1.807, 2.05) is 0 Å². The highest BCUT2D eigenvalue weighted by Gasteiger charge is 2.20. The van der Waals surface area contributed by atoms with Crippen LogP contribution in [-0.4, -0.2) is 27.6 Å². The van der Waals surface area contributed by atoms with Crippen LogP contribution in [0.2, 0.25) is 5.02 Å². The Kier molecular flexibility index (Phi) is 7.16. The largest absolute Gasteiger partial charge is 0.487 e. The second-order valence-electron chi connectivity index (χ2n) is 6.61. The molecule has 0 spiro atoms. The van der Waals surface area contributed by atoms with Gasteiger partial charge in [-0.1, -0.05) is 29.8 Å². The van der Waals surface area contributed by atoms with Crippen molar-refractivity contribution < 1.29 is 21.6 Å². The van der Waals surface area contributed by atoms with Crippen LogP contribution >= 0.6 is 11.6 Å². The number of anilines is 1. The first-order valence-electron chi connectivity index (χ1n) is 9.07. The number of nitrogens with one attached hydrogen (secondary N) is 1. The Labute approximate surface area is 186 Å². The first-order valence-corrected chi connectivity index (χ1v) is 12.6. The predicted octanol–water partition coefficient (Wildman–Crippen LogP) is 2.95. The lowest BCUT2D eigenvalue weighted by atomic mass is 10.2. The van der Waals surface area contributed by atoms with Gasteiger partial charge in [0.05, 0.1) is 17.1 Å². The summed E-state index contributed by atoms with van der Waals surface area (Å²) >= 11 is 5.83. The summed E-state index contributed by atoms with van der Waals surface area (Å²) in [7, 11) is -8.07. The Morgan fingerprint density at radius 3 is 2.39 bits per heavy atom. The quantitative estimate of drug-likeness (QED) is 0.483. The van der Waals surface area contributed by atoms with E-state index >= 15 is 0 Å². The second-order valence-corrected chi connectivity index (χ2v) is 10.4. The zero-order valence-corrected chi connectivity index (χ0v) is 18.6. The van der Waals surface area contributed by atoms with Crippen LogP contribution in [0, 0.1) is 0 Å². The highest BCUT2D eigenvalue weighted by Crippen LogP contribution is 2.27. The minimum absolute atomic E-state index is 0.108. The number of aromatic nitrogens is 1. The van der Waals surface area contributed by atoms with Crippen molar-refractivity contribution in [3.8, 4) is 5.75 Å². The van der Waals surface area contributed by atoms with E-state index in [9.17, 15) is 16.8 Å². The van der Waals surface area contributed by atoms with Gasteiger partial charge in [0, 0.05) is 17.3 Å². The minimum Gasteiger partial charge on any atom is -0.487 e. The van der Waals surface area contributed by atoms with Crippen molar-refractivity contribution in [2.45, 2.75) is 17.9 Å². The number of benzene rings is 2. The number of hydrogen-bond donors (Lipinski definition) is 2. The molecule has 0 aliphatic carbocycles. The molecule has 31 heavy (non-hydrogen) atoms. The maximum absolute atomic E-state index is 12.5. The Morgan fingerprint density at radius 2 is 1.74 bits per heavy atom. The Hall–Kier alpha value is -2.66. The van der Waals surface area contributed by atoms with Gasteiger partial charge in [-0.3, -0.25) is 9.71 Å². The van der Waals surface area contributed by atoms with Crippen molar-refractivity contribution in [1.82, 2.24) is 4.98 Å². The van der Waals surface area contributed by atoms with Crippen LogP contribution in [0.25, 0.3) is 0 Å². The molecule has 0 aliphatic heterocycles. The molecule has 0 amide bonds. The number of aryl methyl sites for hydroxylation is 1. The average molecular weight is 482 g/mol. The number of primary sulfonamides is 1. The normalized spacial score (nSPS) is 11.8. The van der Waals surface area contributed by atoms with Gasteiger partial charge in [0.2, 0.25) is 20.0 Å². The number of hydrogen-bond acceptors (Lipinski definition) is 6. The third-order valence-electron chi connectivity index (χ3n) is 4.21. The topological polar surface area (TPSA) is 128 Å². The smallest absolute Gasteiger partial charge is 0.240 e. The van der Waals surface area contributed by atoms with E-state index in [4.69, 9.17) is 21.5 Å². The molecule has 1 aromatic heterocycles. The Balaban J connectivity index is 1.75. The van der Waals surface area contributed by atoms with Crippen molar-refractivity contribution in [3.05, 3.63) is 83.1 Å². The fourth-order valence-electron chi connectivity index (χ4n) is 2.67. The fraction of sp³-hybridized carbons (Fsp3) is 0.150. The van der Waals surface area contributed by atoms with Gasteiger partial charge in [0.1, 0.15) is 17.3 Å². The molecule has 3 rings (SSSR count). The van der Waals surface area contributed by atoms with Gasteiger partial charge in [-0.2, -0.15) is 0 Å². The van der Waals surface area contributed by atoms with E-state index in [1.54, 1.807) is 48.7 Å². The molecule has 0 saturated carbocycles. The molecule has 0 atom stereocenters. The van der Waals surface area contributed by atoms with Crippen LogP contribution in [0.15, 0.2) is 71.8 Å². The molecule has 0 unspecified atom stereocenters. The molecule has 164 valence electrons. The molecular weight excluding hydrogens is 462 g/mol. The van der Waals surface area contributed by atoms with E-state index in [1.165, 1.54) is 18.2 Å². The molecule has 0 bridgehead atoms. The van der Waals surface area contributed by atoms with Crippen LogP contribution in [0.1, 0.15) is 11.3 Å². The highest BCUT2D eigenvalue weighted by atomic mass is 35.5. The summed E-state index contributed by atoms with van der Waals surface area (Å²) in [5, 5.41) is 5.84. The van der Waals surface area contributed by atoms with Crippen LogP contribution < -0.4 is 14.6 Å². The van der Waals surface area contributed by atoms with E-state index in [0.717, 1.165) is 5.56 Å². The monoisotopic (exact) mass is 481 g/mol. The van der Waals surface area contributed by atoms with Crippen molar-refractivity contribution in [1.29, 1.82) is 0 Å². The van der Waals surface area contributed by atoms with Gasteiger partial charge >= 0.3 is 0 Å². The number of ether oxygens (including phenoxy) is 1. The van der Waals surface area contributed by atoms with E-state index in [-0.39, 0.29) is 35.1 Å². The summed E-state index contributed by atoms with van der Waals surface area (Å²) in [6.45, 7) is 0.108. The van der Waals surface area contributed by atoms with Gasteiger partial charge < -0.3 is 4.74 Å². The molecule has 0 saturated heterocycles. The lowest BCUT2D eigenvalue weighted by molar-refractivity contribution is 0.300. The summed E-state index contributed by atoms with van der Waals surface area (Å²) in [6.07, 6.45) is 1.83.